The monoisotopic (exact) mass is 456 g/mol. The van der Waals surface area contributed by atoms with Crippen LogP contribution in [0.15, 0.2) is 36.4 Å². The zero-order valence-corrected chi connectivity index (χ0v) is 18.3. The van der Waals surface area contributed by atoms with Gasteiger partial charge in [0.1, 0.15) is 17.5 Å². The number of aromatic nitrogens is 1. The minimum Gasteiger partial charge on any atom is -0.381 e. The first-order valence-corrected chi connectivity index (χ1v) is 11.6. The summed E-state index contributed by atoms with van der Waals surface area (Å²) in [6.45, 7) is 2.06. The second-order valence-corrected chi connectivity index (χ2v) is 9.33. The van der Waals surface area contributed by atoms with Crippen LogP contribution in [0.4, 0.5) is 13.2 Å². The molecule has 1 saturated carbocycles. The number of carbonyl (C=O) groups is 1. The van der Waals surface area contributed by atoms with Crippen LogP contribution in [0.3, 0.4) is 0 Å². The van der Waals surface area contributed by atoms with Crippen molar-refractivity contribution in [3.05, 3.63) is 59.4 Å². The van der Waals surface area contributed by atoms with E-state index in [-0.39, 0.29) is 23.2 Å². The molecule has 4 nitrogen and oxygen atoms in total. The number of halogens is 3. The maximum absolute atomic E-state index is 14.5. The zero-order chi connectivity index (χ0) is 22.9. The third-order valence-corrected chi connectivity index (χ3v) is 7.04. The third kappa shape index (κ3) is 4.64. The highest BCUT2D eigenvalue weighted by molar-refractivity contribution is 5.92. The lowest BCUT2D eigenvalue weighted by atomic mass is 9.70. The summed E-state index contributed by atoms with van der Waals surface area (Å²) in [5.41, 5.74) is 2.55. The molecule has 2 fully saturated rings. The van der Waals surface area contributed by atoms with Crippen molar-refractivity contribution in [3.8, 4) is 11.3 Å². The van der Waals surface area contributed by atoms with E-state index in [2.05, 4.69) is 10.3 Å². The van der Waals surface area contributed by atoms with Gasteiger partial charge in [-0.05, 0) is 84.9 Å². The van der Waals surface area contributed by atoms with Crippen LogP contribution < -0.4 is 5.32 Å². The van der Waals surface area contributed by atoms with E-state index in [4.69, 9.17) is 4.74 Å². The van der Waals surface area contributed by atoms with Crippen molar-refractivity contribution >= 4 is 16.8 Å². The summed E-state index contributed by atoms with van der Waals surface area (Å²) in [7, 11) is 0. The van der Waals surface area contributed by atoms with Gasteiger partial charge < -0.3 is 15.0 Å². The molecular weight excluding hydrogens is 429 g/mol. The Morgan fingerprint density at radius 2 is 1.73 bits per heavy atom. The van der Waals surface area contributed by atoms with Crippen molar-refractivity contribution in [1.29, 1.82) is 0 Å². The SMILES string of the molecule is O=C(CC1CCOCC1)NC[C@H]1C[C@@H](c2c(-c3ccc(F)cc3)[nH]c3c(F)cc(F)cc32)C1. The highest BCUT2D eigenvalue weighted by Crippen LogP contribution is 2.48. The number of rotatable bonds is 6. The Morgan fingerprint density at radius 1 is 1.00 bits per heavy atom. The summed E-state index contributed by atoms with van der Waals surface area (Å²) in [6.07, 6.45) is 4.03. The number of H-pyrrole nitrogens is 1. The van der Waals surface area contributed by atoms with Crippen molar-refractivity contribution < 1.29 is 22.7 Å². The molecule has 33 heavy (non-hydrogen) atoms. The Morgan fingerprint density at radius 3 is 2.45 bits per heavy atom. The first-order valence-electron chi connectivity index (χ1n) is 11.6. The van der Waals surface area contributed by atoms with E-state index in [1.54, 1.807) is 12.1 Å². The van der Waals surface area contributed by atoms with Crippen LogP contribution in [0.1, 0.15) is 43.6 Å². The highest BCUT2D eigenvalue weighted by atomic mass is 19.1. The number of carbonyl (C=O) groups excluding carboxylic acids is 1. The van der Waals surface area contributed by atoms with Crippen molar-refractivity contribution in [2.45, 2.75) is 38.0 Å². The maximum atomic E-state index is 14.5. The molecule has 2 aromatic carbocycles. The van der Waals surface area contributed by atoms with Crippen LogP contribution in [0.5, 0.6) is 0 Å². The Labute approximate surface area is 190 Å². The molecule has 1 aliphatic carbocycles. The molecule has 1 aliphatic heterocycles. The average molecular weight is 457 g/mol. The number of ether oxygens (including phenoxy) is 1. The molecule has 2 aliphatic rings. The number of amides is 1. The Kier molecular flexibility index (Phi) is 6.15. The summed E-state index contributed by atoms with van der Waals surface area (Å²) in [6, 6.07) is 8.24. The van der Waals surface area contributed by atoms with Gasteiger partial charge in [0.15, 0.2) is 0 Å². The Bertz CT molecular complexity index is 1150. The van der Waals surface area contributed by atoms with Crippen LogP contribution in [0.25, 0.3) is 22.2 Å². The second-order valence-electron chi connectivity index (χ2n) is 9.33. The predicted octanol–water partition coefficient (Wildman–Crippen LogP) is 5.68. The summed E-state index contributed by atoms with van der Waals surface area (Å²) >= 11 is 0. The first-order chi connectivity index (χ1) is 16.0. The van der Waals surface area contributed by atoms with Gasteiger partial charge in [-0.3, -0.25) is 4.79 Å². The summed E-state index contributed by atoms with van der Waals surface area (Å²) < 4.78 is 47.3. The zero-order valence-electron chi connectivity index (χ0n) is 18.3. The standard InChI is InChI=1S/C26H27F3N2O2/c27-19-3-1-17(2-4-19)25-24(21-12-20(28)13-22(29)26(21)31-25)18-9-16(10-18)14-30-23(32)11-15-5-7-33-8-6-15/h1-4,12-13,15-16,18,31H,5-11,14H2,(H,30,32)/t16-,18+. The summed E-state index contributed by atoms with van der Waals surface area (Å²) in [5, 5.41) is 3.58. The van der Waals surface area contributed by atoms with E-state index in [0.717, 1.165) is 56.1 Å². The molecule has 1 aromatic heterocycles. The molecule has 7 heteroatoms. The third-order valence-electron chi connectivity index (χ3n) is 7.04. The molecule has 5 rings (SSSR count). The van der Waals surface area contributed by atoms with E-state index >= 15 is 0 Å². The van der Waals surface area contributed by atoms with Crippen LogP contribution in [-0.4, -0.2) is 30.6 Å². The molecule has 0 bridgehead atoms. The number of fused-ring (bicyclic) bond motifs is 1. The lowest BCUT2D eigenvalue weighted by Gasteiger charge is -2.36. The maximum Gasteiger partial charge on any atom is 0.220 e. The molecule has 174 valence electrons. The van der Waals surface area contributed by atoms with Gasteiger partial charge in [-0.15, -0.1) is 0 Å². The van der Waals surface area contributed by atoms with Crippen molar-refractivity contribution in [3.63, 3.8) is 0 Å². The van der Waals surface area contributed by atoms with Gasteiger partial charge in [0.25, 0.3) is 0 Å². The number of nitrogens with one attached hydrogen (secondary N) is 2. The van der Waals surface area contributed by atoms with E-state index in [0.29, 0.717) is 35.9 Å². The van der Waals surface area contributed by atoms with Crippen LogP contribution in [-0.2, 0) is 9.53 Å². The first kappa shape index (κ1) is 22.0. The fraction of sp³-hybridized carbons (Fsp3) is 0.423. The van der Waals surface area contributed by atoms with E-state index in [1.807, 2.05) is 0 Å². The number of aromatic amines is 1. The molecule has 2 heterocycles. The van der Waals surface area contributed by atoms with E-state index in [1.165, 1.54) is 18.2 Å². The molecule has 2 N–H and O–H groups in total. The fourth-order valence-electron chi connectivity index (χ4n) is 5.19. The van der Waals surface area contributed by atoms with Crippen LogP contribution >= 0.6 is 0 Å². The molecule has 0 atom stereocenters. The number of hydrogen-bond donors (Lipinski definition) is 2. The lowest BCUT2D eigenvalue weighted by molar-refractivity contribution is -0.123. The van der Waals surface area contributed by atoms with Gasteiger partial charge in [-0.25, -0.2) is 13.2 Å². The molecule has 0 spiro atoms. The topological polar surface area (TPSA) is 54.1 Å². The van der Waals surface area contributed by atoms with E-state index < -0.39 is 11.6 Å². The summed E-state index contributed by atoms with van der Waals surface area (Å²) in [5.74, 6) is -0.724. The molecular formula is C26H27F3N2O2. The summed E-state index contributed by atoms with van der Waals surface area (Å²) in [4.78, 5) is 15.4. The van der Waals surface area contributed by atoms with Gasteiger partial charge in [-0.1, -0.05) is 0 Å². The fourth-order valence-corrected chi connectivity index (χ4v) is 5.19. The lowest BCUT2D eigenvalue weighted by Crippen LogP contribution is -2.36. The van der Waals surface area contributed by atoms with Crippen molar-refractivity contribution in [2.24, 2.45) is 11.8 Å². The number of benzene rings is 2. The molecule has 0 unspecified atom stereocenters. The molecule has 1 saturated heterocycles. The van der Waals surface area contributed by atoms with Gasteiger partial charge >= 0.3 is 0 Å². The van der Waals surface area contributed by atoms with Crippen LogP contribution in [0, 0.1) is 29.3 Å². The van der Waals surface area contributed by atoms with Gasteiger partial charge in [0.2, 0.25) is 5.91 Å². The van der Waals surface area contributed by atoms with Gasteiger partial charge in [0, 0.05) is 37.6 Å². The largest absolute Gasteiger partial charge is 0.381 e. The predicted molar refractivity (Wildman–Crippen MR) is 120 cm³/mol. The van der Waals surface area contributed by atoms with E-state index in [9.17, 15) is 18.0 Å². The van der Waals surface area contributed by atoms with Gasteiger partial charge in [0.05, 0.1) is 11.2 Å². The highest BCUT2D eigenvalue weighted by Gasteiger charge is 2.35. The second kappa shape index (κ2) is 9.21. The Balaban J connectivity index is 1.30. The molecule has 1 amide bonds. The normalized spacial score (nSPS) is 21.2. The van der Waals surface area contributed by atoms with Crippen molar-refractivity contribution in [2.75, 3.05) is 19.8 Å². The minimum atomic E-state index is -0.643. The van der Waals surface area contributed by atoms with Crippen molar-refractivity contribution in [1.82, 2.24) is 10.3 Å². The Hall–Kier alpha value is -2.80. The molecule has 0 radical (unpaired) electrons. The number of hydrogen-bond acceptors (Lipinski definition) is 2. The molecule has 3 aromatic rings. The quantitative estimate of drug-likeness (QED) is 0.502. The average Bonchev–Trinajstić information content (AvgIpc) is 3.13. The minimum absolute atomic E-state index is 0.0774. The smallest absolute Gasteiger partial charge is 0.220 e. The van der Waals surface area contributed by atoms with Gasteiger partial charge in [-0.2, -0.15) is 0 Å². The van der Waals surface area contributed by atoms with Crippen LogP contribution in [0.2, 0.25) is 0 Å².